The summed E-state index contributed by atoms with van der Waals surface area (Å²) in [6, 6.07) is 8.00. The maximum Gasteiger partial charge on any atom is 0.123 e. The van der Waals surface area contributed by atoms with Gasteiger partial charge in [-0.15, -0.1) is 11.3 Å². The Balaban J connectivity index is 2.35. The van der Waals surface area contributed by atoms with E-state index in [9.17, 15) is 5.11 Å². The van der Waals surface area contributed by atoms with Crippen molar-refractivity contribution < 1.29 is 5.11 Å². The summed E-state index contributed by atoms with van der Waals surface area (Å²) < 4.78 is 1.05. The summed E-state index contributed by atoms with van der Waals surface area (Å²) in [5, 5.41) is 12.7. The molecule has 0 spiro atoms. The van der Waals surface area contributed by atoms with Crippen LogP contribution in [0.5, 0.6) is 0 Å². The van der Waals surface area contributed by atoms with Crippen LogP contribution in [0.4, 0.5) is 0 Å². The van der Waals surface area contributed by atoms with Crippen molar-refractivity contribution in [1.82, 2.24) is 4.98 Å². The number of nitrogens with zero attached hydrogens (tertiary/aromatic N) is 1. The van der Waals surface area contributed by atoms with Gasteiger partial charge < -0.3 is 5.11 Å². The predicted octanol–water partition coefficient (Wildman–Crippen LogP) is 3.80. The summed E-state index contributed by atoms with van der Waals surface area (Å²) in [6.45, 7) is 3.49. The quantitative estimate of drug-likeness (QED) is 0.914. The Labute approximate surface area is 107 Å². The normalized spacial score (nSPS) is 11.8. The zero-order valence-corrected chi connectivity index (χ0v) is 11.5. The molecule has 1 heterocycles. The molecule has 0 saturated carbocycles. The van der Waals surface area contributed by atoms with Gasteiger partial charge in [-0.3, -0.25) is 0 Å². The zero-order valence-electron chi connectivity index (χ0n) is 9.07. The molecule has 0 radical (unpaired) electrons. The summed E-state index contributed by atoms with van der Waals surface area (Å²) in [7, 11) is 0. The van der Waals surface area contributed by atoms with E-state index in [0.717, 1.165) is 20.7 Å². The number of halogens is 1. The lowest BCUT2D eigenvalue weighted by Crippen LogP contribution is -2.15. The molecule has 0 aliphatic carbocycles. The van der Waals surface area contributed by atoms with Crippen molar-refractivity contribution in [3.63, 3.8) is 0 Å². The number of benzene rings is 1. The first-order valence-electron chi connectivity index (χ1n) is 4.91. The molecule has 0 bridgehead atoms. The monoisotopic (exact) mass is 297 g/mol. The highest BCUT2D eigenvalue weighted by Gasteiger charge is 2.19. The van der Waals surface area contributed by atoms with Crippen molar-refractivity contribution in [3.8, 4) is 10.6 Å². The first-order valence-corrected chi connectivity index (χ1v) is 6.58. The Morgan fingerprint density at radius 1 is 1.25 bits per heavy atom. The maximum absolute atomic E-state index is 9.83. The molecular weight excluding hydrogens is 286 g/mol. The van der Waals surface area contributed by atoms with E-state index >= 15 is 0 Å². The molecule has 0 aliphatic heterocycles. The van der Waals surface area contributed by atoms with Crippen LogP contribution in [0, 0.1) is 0 Å². The van der Waals surface area contributed by atoms with Gasteiger partial charge >= 0.3 is 0 Å². The molecule has 84 valence electrons. The van der Waals surface area contributed by atoms with Crippen LogP contribution in [0.3, 0.4) is 0 Å². The lowest BCUT2D eigenvalue weighted by Gasteiger charge is -2.12. The van der Waals surface area contributed by atoms with Crippen molar-refractivity contribution in [2.24, 2.45) is 0 Å². The molecule has 0 atom stereocenters. The van der Waals surface area contributed by atoms with E-state index in [1.54, 1.807) is 25.2 Å². The molecule has 2 nitrogen and oxygen atoms in total. The van der Waals surface area contributed by atoms with Gasteiger partial charge in [0.2, 0.25) is 0 Å². The molecule has 16 heavy (non-hydrogen) atoms. The van der Waals surface area contributed by atoms with Crippen LogP contribution in [0.15, 0.2) is 34.1 Å². The highest BCUT2D eigenvalue weighted by molar-refractivity contribution is 9.10. The van der Waals surface area contributed by atoms with Gasteiger partial charge in [0.05, 0.1) is 5.69 Å². The molecule has 0 unspecified atom stereocenters. The molecule has 1 aromatic carbocycles. The molecular formula is C12H12BrNOS. The summed E-state index contributed by atoms with van der Waals surface area (Å²) in [5.41, 5.74) is 0.920. The Morgan fingerprint density at radius 2 is 1.88 bits per heavy atom. The van der Waals surface area contributed by atoms with Crippen LogP contribution in [-0.2, 0) is 5.60 Å². The van der Waals surface area contributed by atoms with Gasteiger partial charge in [-0.05, 0) is 26.0 Å². The molecule has 2 aromatic rings. The molecule has 1 N–H and O–H groups in total. The third kappa shape index (κ3) is 2.51. The molecule has 2 rings (SSSR count). The Kier molecular flexibility index (Phi) is 3.15. The fraction of sp³-hybridized carbons (Fsp3) is 0.250. The minimum Gasteiger partial charge on any atom is -0.384 e. The highest BCUT2D eigenvalue weighted by Crippen LogP contribution is 2.29. The molecule has 4 heteroatoms. The van der Waals surface area contributed by atoms with E-state index in [4.69, 9.17) is 0 Å². The van der Waals surface area contributed by atoms with Gasteiger partial charge in [-0.1, -0.05) is 28.1 Å². The molecule has 1 aromatic heterocycles. The number of hydrogen-bond acceptors (Lipinski definition) is 3. The van der Waals surface area contributed by atoms with E-state index in [2.05, 4.69) is 20.9 Å². The number of aromatic nitrogens is 1. The van der Waals surface area contributed by atoms with Crippen molar-refractivity contribution in [2.45, 2.75) is 19.4 Å². The largest absolute Gasteiger partial charge is 0.384 e. The molecule has 0 aliphatic rings. The lowest BCUT2D eigenvalue weighted by molar-refractivity contribution is 0.0746. The Morgan fingerprint density at radius 3 is 2.38 bits per heavy atom. The fourth-order valence-electron chi connectivity index (χ4n) is 1.28. The van der Waals surface area contributed by atoms with Gasteiger partial charge in [0.1, 0.15) is 10.6 Å². The minimum absolute atomic E-state index is 0.718. The standard InChI is InChI=1S/C12H12BrNOS/c1-12(2,15)10-7-16-11(14-10)8-3-5-9(13)6-4-8/h3-7,15H,1-2H3. The van der Waals surface area contributed by atoms with Gasteiger partial charge in [-0.2, -0.15) is 0 Å². The van der Waals surface area contributed by atoms with Crippen molar-refractivity contribution >= 4 is 27.3 Å². The zero-order chi connectivity index (χ0) is 11.8. The second-order valence-electron chi connectivity index (χ2n) is 4.10. The van der Waals surface area contributed by atoms with Crippen molar-refractivity contribution in [3.05, 3.63) is 39.8 Å². The summed E-state index contributed by atoms with van der Waals surface area (Å²) in [5.74, 6) is 0. The van der Waals surface area contributed by atoms with Crippen LogP contribution in [0.25, 0.3) is 10.6 Å². The van der Waals surface area contributed by atoms with Crippen LogP contribution in [-0.4, -0.2) is 10.1 Å². The first kappa shape index (κ1) is 11.8. The van der Waals surface area contributed by atoms with Crippen LogP contribution < -0.4 is 0 Å². The third-order valence-electron chi connectivity index (χ3n) is 2.22. The van der Waals surface area contributed by atoms with Crippen LogP contribution in [0.2, 0.25) is 0 Å². The average Bonchev–Trinajstić information content (AvgIpc) is 2.67. The second-order valence-corrected chi connectivity index (χ2v) is 5.88. The van der Waals surface area contributed by atoms with Crippen molar-refractivity contribution in [2.75, 3.05) is 0 Å². The number of aliphatic hydroxyl groups is 1. The first-order chi connectivity index (χ1) is 7.47. The lowest BCUT2D eigenvalue weighted by atomic mass is 10.1. The number of thiazole rings is 1. The fourth-order valence-corrected chi connectivity index (χ4v) is 2.53. The molecule has 0 amide bonds. The SMILES string of the molecule is CC(C)(O)c1csc(-c2ccc(Br)cc2)n1. The third-order valence-corrected chi connectivity index (χ3v) is 3.64. The van der Waals surface area contributed by atoms with Crippen LogP contribution in [0.1, 0.15) is 19.5 Å². The van der Waals surface area contributed by atoms with Gasteiger partial charge in [0, 0.05) is 15.4 Å². The van der Waals surface area contributed by atoms with E-state index in [0.29, 0.717) is 0 Å². The summed E-state index contributed by atoms with van der Waals surface area (Å²) >= 11 is 4.95. The van der Waals surface area contributed by atoms with Gasteiger partial charge in [-0.25, -0.2) is 4.98 Å². The number of hydrogen-bond donors (Lipinski definition) is 1. The summed E-state index contributed by atoms with van der Waals surface area (Å²) in [6.07, 6.45) is 0. The van der Waals surface area contributed by atoms with E-state index in [1.165, 1.54) is 0 Å². The highest BCUT2D eigenvalue weighted by atomic mass is 79.9. The van der Waals surface area contributed by atoms with Crippen LogP contribution >= 0.6 is 27.3 Å². The van der Waals surface area contributed by atoms with E-state index < -0.39 is 5.60 Å². The van der Waals surface area contributed by atoms with Crippen molar-refractivity contribution in [1.29, 1.82) is 0 Å². The van der Waals surface area contributed by atoms with Gasteiger partial charge in [0.15, 0.2) is 0 Å². The topological polar surface area (TPSA) is 33.1 Å². The average molecular weight is 298 g/mol. The second kappa shape index (κ2) is 4.28. The Hall–Kier alpha value is -0.710. The predicted molar refractivity (Wildman–Crippen MR) is 70.5 cm³/mol. The van der Waals surface area contributed by atoms with E-state index in [1.807, 2.05) is 29.6 Å². The molecule has 0 saturated heterocycles. The Bertz CT molecular complexity index is 484. The van der Waals surface area contributed by atoms with Gasteiger partial charge in [0.25, 0.3) is 0 Å². The number of rotatable bonds is 2. The summed E-state index contributed by atoms with van der Waals surface area (Å²) in [4.78, 5) is 4.43. The maximum atomic E-state index is 9.83. The minimum atomic E-state index is -0.871. The smallest absolute Gasteiger partial charge is 0.123 e. The molecule has 0 fully saturated rings. The van der Waals surface area contributed by atoms with E-state index in [-0.39, 0.29) is 0 Å².